The van der Waals surface area contributed by atoms with Crippen molar-refractivity contribution in [2.75, 3.05) is 37.9 Å². The van der Waals surface area contributed by atoms with Gasteiger partial charge in [0.15, 0.2) is 28.5 Å². The highest BCUT2D eigenvalue weighted by Gasteiger charge is 2.33. The van der Waals surface area contributed by atoms with Gasteiger partial charge in [-0.2, -0.15) is 52.7 Å². The SMILES string of the molecule is CCOc1ccc(C(F)(F)F)cc1-c1cc2[nH]cnc2c(C#N)n1.CCOc1ccc(C(F)(F)F)cc1-c1cc2c(ncn2C2CCCCO2)c(C#N)n1.N#Cc1nc(Cl)cc(N)c1N.N#Cc1nc(Cl)cc2[nH]cnc12.N#Cc1nc(Cl)cc2c1ncn2C1CCCCO1. The first kappa shape index (κ1) is 68.5. The van der Waals surface area contributed by atoms with Crippen molar-refractivity contribution in [3.63, 3.8) is 0 Å². The van der Waals surface area contributed by atoms with Crippen LogP contribution in [0.25, 0.3) is 66.6 Å². The van der Waals surface area contributed by atoms with Crippen molar-refractivity contribution in [1.29, 1.82) is 26.3 Å². The van der Waals surface area contributed by atoms with Gasteiger partial charge in [-0.3, -0.25) is 0 Å². The van der Waals surface area contributed by atoms with Gasteiger partial charge in [-0.05, 0) is 101 Å². The number of nitrogens with zero attached hydrogens (tertiary/aromatic N) is 16. The third-order valence-electron chi connectivity index (χ3n) is 14.2. The van der Waals surface area contributed by atoms with Gasteiger partial charge in [-0.15, -0.1) is 0 Å². The molecule has 11 heterocycles. The molecule has 2 unspecified atom stereocenters. The summed E-state index contributed by atoms with van der Waals surface area (Å²) in [5.41, 5.74) is 15.5. The molecule has 2 aliphatic heterocycles. The number of imidazole rings is 4. The van der Waals surface area contributed by atoms with Gasteiger partial charge in [0.2, 0.25) is 0 Å². The third-order valence-corrected chi connectivity index (χ3v) is 14.7. The van der Waals surface area contributed by atoms with Crippen LogP contribution in [0.2, 0.25) is 15.5 Å². The summed E-state index contributed by atoms with van der Waals surface area (Å²) in [5.74, 6) is 0.530. The number of pyridine rings is 5. The first-order valence-electron chi connectivity index (χ1n) is 28.5. The molecule has 11 aromatic rings. The van der Waals surface area contributed by atoms with Gasteiger partial charge in [0, 0.05) is 42.5 Å². The molecule has 0 radical (unpaired) electrons. The first-order valence-corrected chi connectivity index (χ1v) is 29.6. The van der Waals surface area contributed by atoms with Crippen LogP contribution in [0.5, 0.6) is 11.5 Å². The monoisotopic (exact) mass is 1360 g/mol. The molecule has 6 N–H and O–H groups in total. The zero-order valence-corrected chi connectivity index (χ0v) is 52.0. The van der Waals surface area contributed by atoms with Gasteiger partial charge >= 0.3 is 12.4 Å². The van der Waals surface area contributed by atoms with E-state index < -0.39 is 23.5 Å². The van der Waals surface area contributed by atoms with Crippen LogP contribution in [-0.4, -0.2) is 90.4 Å². The minimum absolute atomic E-state index is 0.0197. The van der Waals surface area contributed by atoms with Crippen molar-refractivity contribution in [3.05, 3.63) is 147 Å². The third kappa shape index (κ3) is 15.9. The lowest BCUT2D eigenvalue weighted by Crippen LogP contribution is -2.17. The van der Waals surface area contributed by atoms with E-state index in [1.807, 2.05) is 33.4 Å². The number of nitrogen functional groups attached to an aromatic ring is 2. The number of aromatic amines is 2. The highest BCUT2D eigenvalue weighted by molar-refractivity contribution is 6.30. The van der Waals surface area contributed by atoms with Gasteiger partial charge in [0.05, 0.1) is 94.5 Å². The van der Waals surface area contributed by atoms with Gasteiger partial charge in [0.1, 0.15) is 91.8 Å². The van der Waals surface area contributed by atoms with Crippen molar-refractivity contribution in [3.8, 4) is 64.4 Å². The Kier molecular flexibility index (Phi) is 21.8. The number of hydrogen-bond acceptors (Lipinski definition) is 20. The van der Waals surface area contributed by atoms with E-state index in [9.17, 15) is 36.9 Å². The summed E-state index contributed by atoms with van der Waals surface area (Å²) in [7, 11) is 0. The van der Waals surface area contributed by atoms with E-state index in [0.29, 0.717) is 50.0 Å². The number of aromatic nitrogens is 13. The maximum absolute atomic E-state index is 13.3. The molecule has 0 spiro atoms. The number of alkyl halides is 6. The molecule has 2 aliphatic rings. The Bertz CT molecular complexity index is 4830. The number of nitrogens with two attached hydrogens (primary N) is 2. The van der Waals surface area contributed by atoms with Gasteiger partial charge in [-0.1, -0.05) is 34.8 Å². The Hall–Kier alpha value is -10.9. The predicted molar refractivity (Wildman–Crippen MR) is 335 cm³/mol. The van der Waals surface area contributed by atoms with E-state index in [1.165, 1.54) is 30.9 Å². The molecule has 13 rings (SSSR count). The second kappa shape index (κ2) is 30.2. The number of benzene rings is 2. The van der Waals surface area contributed by atoms with Gasteiger partial charge in [-0.25, -0.2) is 44.9 Å². The van der Waals surface area contributed by atoms with Crippen LogP contribution in [0.1, 0.15) is 104 Å². The average Bonchev–Trinajstić information content (AvgIpc) is 1.73. The Morgan fingerprint density at radius 1 is 0.526 bits per heavy atom. The molecule has 2 aromatic carbocycles. The number of H-pyrrole nitrogens is 2. The molecule has 9 aromatic heterocycles. The van der Waals surface area contributed by atoms with E-state index in [-0.39, 0.29) is 105 Å². The van der Waals surface area contributed by atoms with Crippen molar-refractivity contribution in [1.82, 2.24) is 64.0 Å². The average molecular weight is 1360 g/mol. The van der Waals surface area contributed by atoms with E-state index in [4.69, 9.17) is 81.0 Å². The summed E-state index contributed by atoms with van der Waals surface area (Å²) >= 11 is 17.1. The number of halogens is 9. The molecule has 484 valence electrons. The molecule has 2 saturated heterocycles. The van der Waals surface area contributed by atoms with E-state index >= 15 is 0 Å². The van der Waals surface area contributed by atoms with Crippen LogP contribution >= 0.6 is 34.8 Å². The number of fused-ring (bicyclic) bond motifs is 4. The van der Waals surface area contributed by atoms with Gasteiger partial charge in [0.25, 0.3) is 0 Å². The van der Waals surface area contributed by atoms with Crippen LogP contribution < -0.4 is 20.9 Å². The fourth-order valence-corrected chi connectivity index (χ4v) is 10.4. The standard InChI is InChI=1S/C21H19F3N4O2.C16H11F3N4O.C12H11ClN4O.C7H3ClN4.C6H5ClN4/c1-2-29-18-7-6-13(21(22,23)24)9-14(18)15-10-17-20(16(11-25)27-15)26-12-28(17)19-5-3-4-8-30-19;1-2-24-14-4-3-9(16(17,18)19)5-10(14)11-6-12-15(22-8-21-12)13(7-20)23-11;13-10-5-9-12(8(6-14)16-10)15-7-17(9)11-3-1-2-4-18-11;8-6-1-4-7(11-3-10-4)5(2-9)12-6;7-5-1-3(9)6(10)4(2-8)11-5/h6-7,9-10,12,19H,2-5,8H2,1H3;3-6,8H,2H2,1H3,(H,21,22);5,7,11H,1-4H2;1,3H,(H,10,11);1H,10H2,(H2,9,11). The number of ether oxygens (including phenoxy) is 4. The van der Waals surface area contributed by atoms with Crippen molar-refractivity contribution >= 4 is 90.3 Å². The predicted octanol–water partition coefficient (Wildman–Crippen LogP) is 13.9. The zero-order valence-electron chi connectivity index (χ0n) is 49.7. The fourth-order valence-electron chi connectivity index (χ4n) is 9.83. The van der Waals surface area contributed by atoms with Crippen LogP contribution in [0.3, 0.4) is 0 Å². The van der Waals surface area contributed by atoms with E-state index in [1.54, 1.807) is 56.8 Å². The summed E-state index contributed by atoms with van der Waals surface area (Å²) in [6.45, 7) is 5.42. The summed E-state index contributed by atoms with van der Waals surface area (Å²) in [4.78, 5) is 42.0. The number of anilines is 2. The fraction of sp³-hybridized carbons (Fsp3) is 0.258. The van der Waals surface area contributed by atoms with Crippen LogP contribution in [0.4, 0.5) is 37.7 Å². The summed E-state index contributed by atoms with van der Waals surface area (Å²) in [5, 5.41) is 45.7. The van der Waals surface area contributed by atoms with E-state index in [0.717, 1.165) is 80.4 Å². The smallest absolute Gasteiger partial charge is 0.416 e. The highest BCUT2D eigenvalue weighted by Crippen LogP contribution is 2.40. The van der Waals surface area contributed by atoms with Crippen LogP contribution in [0.15, 0.2) is 92.0 Å². The molecule has 2 atom stereocenters. The molecular formula is C62H49Cl3F6N20O4. The lowest BCUT2D eigenvalue weighted by Gasteiger charge is -2.24. The molecule has 0 amide bonds. The molecule has 95 heavy (non-hydrogen) atoms. The first-order chi connectivity index (χ1) is 45.6. The number of rotatable bonds is 8. The summed E-state index contributed by atoms with van der Waals surface area (Å²) < 4.78 is 105. The molecule has 24 nitrogen and oxygen atoms in total. The Morgan fingerprint density at radius 2 is 0.937 bits per heavy atom. The summed E-state index contributed by atoms with van der Waals surface area (Å²) in [6, 6.07) is 24.0. The molecule has 0 aliphatic carbocycles. The highest BCUT2D eigenvalue weighted by atomic mass is 35.5. The zero-order chi connectivity index (χ0) is 68.1. The lowest BCUT2D eigenvalue weighted by molar-refractivity contribution is -0.138. The molecule has 0 saturated carbocycles. The second-order valence-electron chi connectivity index (χ2n) is 20.2. The van der Waals surface area contributed by atoms with Crippen molar-refractivity contribution in [2.45, 2.75) is 77.2 Å². The normalized spacial score (nSPS) is 14.4. The Morgan fingerprint density at radius 3 is 1.39 bits per heavy atom. The summed E-state index contributed by atoms with van der Waals surface area (Å²) in [6.07, 6.45) is 2.85. The lowest BCUT2D eigenvalue weighted by atomic mass is 10.0. The Labute approximate surface area is 549 Å². The number of hydrogen-bond donors (Lipinski definition) is 4. The maximum Gasteiger partial charge on any atom is 0.416 e. The Balaban J connectivity index is 0.000000146. The van der Waals surface area contributed by atoms with Crippen molar-refractivity contribution < 1.29 is 45.3 Å². The minimum Gasteiger partial charge on any atom is -0.493 e. The largest absolute Gasteiger partial charge is 0.493 e. The number of nitriles is 5. The topological polar surface area (TPSA) is 365 Å². The maximum atomic E-state index is 13.3. The quantitative estimate of drug-likeness (QED) is 0.0811. The van der Waals surface area contributed by atoms with Gasteiger partial charge < -0.3 is 49.5 Å². The van der Waals surface area contributed by atoms with Crippen LogP contribution in [0, 0.1) is 56.7 Å². The molecular weight excluding hydrogens is 1310 g/mol. The molecule has 2 fully saturated rings. The molecule has 0 bridgehead atoms. The minimum atomic E-state index is -4.51. The second-order valence-corrected chi connectivity index (χ2v) is 21.4. The molecule has 33 heteroatoms. The van der Waals surface area contributed by atoms with Crippen LogP contribution in [-0.2, 0) is 21.8 Å². The van der Waals surface area contributed by atoms with Crippen molar-refractivity contribution in [2.24, 2.45) is 0 Å². The number of nitrogens with one attached hydrogen (secondary N) is 2. The van der Waals surface area contributed by atoms with E-state index in [2.05, 4.69) is 54.8 Å².